The standard InChI is InChI=1S/C24H30BrNO4/c1-5-29-23(28)13-14-26(16-18-9-7-6-8-10-18)22(27)17-30-21-12-11-19(25)15-20(21)24(2,3)4/h6-12,15H,5,13-14,16-17H2,1-4H3. The van der Waals surface area contributed by atoms with Crippen molar-refractivity contribution >= 4 is 27.8 Å². The number of ether oxygens (including phenoxy) is 2. The van der Waals surface area contributed by atoms with Crippen LogP contribution in [0.2, 0.25) is 0 Å². The maximum atomic E-state index is 13.0. The molecule has 6 heteroatoms. The average molecular weight is 476 g/mol. The zero-order valence-electron chi connectivity index (χ0n) is 18.1. The van der Waals surface area contributed by atoms with Gasteiger partial charge in [0, 0.05) is 23.1 Å². The number of carbonyl (C=O) groups is 2. The van der Waals surface area contributed by atoms with Crippen molar-refractivity contribution in [3.8, 4) is 5.75 Å². The Bertz CT molecular complexity index is 846. The molecule has 2 aromatic carbocycles. The molecule has 0 radical (unpaired) electrons. The first-order valence-corrected chi connectivity index (χ1v) is 10.9. The Labute approximate surface area is 187 Å². The van der Waals surface area contributed by atoms with Gasteiger partial charge in [-0.2, -0.15) is 0 Å². The van der Waals surface area contributed by atoms with Gasteiger partial charge in [-0.1, -0.05) is 67.0 Å². The van der Waals surface area contributed by atoms with Crippen LogP contribution in [0.15, 0.2) is 53.0 Å². The summed E-state index contributed by atoms with van der Waals surface area (Å²) in [4.78, 5) is 26.4. The maximum absolute atomic E-state index is 13.0. The van der Waals surface area contributed by atoms with Gasteiger partial charge in [-0.05, 0) is 36.1 Å². The molecule has 30 heavy (non-hydrogen) atoms. The monoisotopic (exact) mass is 475 g/mol. The summed E-state index contributed by atoms with van der Waals surface area (Å²) in [5, 5.41) is 0. The number of esters is 1. The van der Waals surface area contributed by atoms with E-state index >= 15 is 0 Å². The summed E-state index contributed by atoms with van der Waals surface area (Å²) in [6, 6.07) is 15.5. The molecule has 5 nitrogen and oxygen atoms in total. The summed E-state index contributed by atoms with van der Waals surface area (Å²) < 4.78 is 11.9. The van der Waals surface area contributed by atoms with E-state index in [1.807, 2.05) is 48.5 Å². The molecule has 1 amide bonds. The van der Waals surface area contributed by atoms with Crippen molar-refractivity contribution in [2.45, 2.75) is 46.1 Å². The molecule has 0 aliphatic carbocycles. The summed E-state index contributed by atoms with van der Waals surface area (Å²) in [7, 11) is 0. The molecule has 0 unspecified atom stereocenters. The molecule has 0 aromatic heterocycles. The molecule has 0 aliphatic rings. The van der Waals surface area contributed by atoms with Gasteiger partial charge in [-0.25, -0.2) is 0 Å². The van der Waals surface area contributed by atoms with Crippen LogP contribution in [0.25, 0.3) is 0 Å². The fraction of sp³-hybridized carbons (Fsp3) is 0.417. The second-order valence-corrected chi connectivity index (χ2v) is 8.95. The van der Waals surface area contributed by atoms with E-state index in [1.54, 1.807) is 11.8 Å². The Balaban J connectivity index is 2.11. The number of carbonyl (C=O) groups excluding carboxylic acids is 2. The van der Waals surface area contributed by atoms with Gasteiger partial charge >= 0.3 is 5.97 Å². The van der Waals surface area contributed by atoms with Crippen molar-refractivity contribution in [1.29, 1.82) is 0 Å². The Morgan fingerprint density at radius 3 is 2.40 bits per heavy atom. The molecular formula is C24H30BrNO4. The lowest BCUT2D eigenvalue weighted by Crippen LogP contribution is -2.36. The number of rotatable bonds is 9. The van der Waals surface area contributed by atoms with Crippen LogP contribution in [0.5, 0.6) is 5.75 Å². The molecule has 0 bridgehead atoms. The number of hydrogen-bond donors (Lipinski definition) is 0. The lowest BCUT2D eigenvalue weighted by atomic mass is 9.86. The summed E-state index contributed by atoms with van der Waals surface area (Å²) in [5.74, 6) is 0.197. The maximum Gasteiger partial charge on any atom is 0.307 e. The van der Waals surface area contributed by atoms with Gasteiger partial charge in [0.2, 0.25) is 0 Å². The third kappa shape index (κ3) is 7.48. The van der Waals surface area contributed by atoms with Crippen molar-refractivity contribution in [3.63, 3.8) is 0 Å². The average Bonchev–Trinajstić information content (AvgIpc) is 2.70. The van der Waals surface area contributed by atoms with Gasteiger partial charge in [0.25, 0.3) is 5.91 Å². The molecule has 0 N–H and O–H groups in total. The summed E-state index contributed by atoms with van der Waals surface area (Å²) in [5.41, 5.74) is 1.88. The molecule has 0 atom stereocenters. The van der Waals surface area contributed by atoms with E-state index in [9.17, 15) is 9.59 Å². The molecule has 2 rings (SSSR count). The van der Waals surface area contributed by atoms with Crippen molar-refractivity contribution in [2.24, 2.45) is 0 Å². The molecule has 2 aromatic rings. The minimum Gasteiger partial charge on any atom is -0.483 e. The van der Waals surface area contributed by atoms with Crippen LogP contribution in [0.1, 0.15) is 45.2 Å². The number of benzene rings is 2. The zero-order valence-corrected chi connectivity index (χ0v) is 19.7. The molecule has 162 valence electrons. The molecule has 0 saturated carbocycles. The molecule has 0 spiro atoms. The number of halogens is 1. The summed E-state index contributed by atoms with van der Waals surface area (Å²) >= 11 is 3.50. The normalized spacial score (nSPS) is 11.1. The van der Waals surface area contributed by atoms with E-state index in [4.69, 9.17) is 9.47 Å². The van der Waals surface area contributed by atoms with Gasteiger partial charge in [-0.15, -0.1) is 0 Å². The second-order valence-electron chi connectivity index (χ2n) is 8.04. The topological polar surface area (TPSA) is 55.8 Å². The van der Waals surface area contributed by atoms with Crippen molar-refractivity contribution < 1.29 is 19.1 Å². The predicted octanol–water partition coefficient (Wildman–Crippen LogP) is 5.11. The summed E-state index contributed by atoms with van der Waals surface area (Å²) in [6.45, 7) is 8.99. The highest BCUT2D eigenvalue weighted by Crippen LogP contribution is 2.33. The minimum atomic E-state index is -0.313. The van der Waals surface area contributed by atoms with Crippen LogP contribution in [0.3, 0.4) is 0 Å². The smallest absolute Gasteiger partial charge is 0.307 e. The molecule has 0 heterocycles. The van der Waals surface area contributed by atoms with E-state index in [0.29, 0.717) is 18.9 Å². The number of hydrogen-bond acceptors (Lipinski definition) is 4. The minimum absolute atomic E-state index is 0.0969. The highest BCUT2D eigenvalue weighted by atomic mass is 79.9. The van der Waals surface area contributed by atoms with Crippen molar-refractivity contribution in [2.75, 3.05) is 19.8 Å². The fourth-order valence-corrected chi connectivity index (χ4v) is 3.36. The molecule has 0 aliphatic heterocycles. The third-order valence-electron chi connectivity index (χ3n) is 4.56. The lowest BCUT2D eigenvalue weighted by Gasteiger charge is -2.25. The van der Waals surface area contributed by atoms with E-state index in [-0.39, 0.29) is 36.9 Å². The third-order valence-corrected chi connectivity index (χ3v) is 5.05. The first-order chi connectivity index (χ1) is 14.2. The predicted molar refractivity (Wildman–Crippen MR) is 121 cm³/mol. The molecule has 0 fully saturated rings. The van der Waals surface area contributed by atoms with Crippen LogP contribution in [-0.4, -0.2) is 36.5 Å². The molecular weight excluding hydrogens is 446 g/mol. The summed E-state index contributed by atoms with van der Waals surface area (Å²) in [6.07, 6.45) is 0.151. The van der Waals surface area contributed by atoms with Gasteiger partial charge < -0.3 is 14.4 Å². The molecule has 0 saturated heterocycles. The lowest BCUT2D eigenvalue weighted by molar-refractivity contribution is -0.144. The van der Waals surface area contributed by atoms with Gasteiger partial charge in [0.15, 0.2) is 6.61 Å². The van der Waals surface area contributed by atoms with Gasteiger partial charge in [0.05, 0.1) is 13.0 Å². The van der Waals surface area contributed by atoms with Crippen LogP contribution in [-0.2, 0) is 26.3 Å². The van der Waals surface area contributed by atoms with E-state index in [2.05, 4.69) is 36.7 Å². The van der Waals surface area contributed by atoms with Crippen LogP contribution in [0, 0.1) is 0 Å². The highest BCUT2D eigenvalue weighted by Gasteiger charge is 2.22. The van der Waals surface area contributed by atoms with E-state index in [1.165, 1.54) is 0 Å². The van der Waals surface area contributed by atoms with Gasteiger partial charge in [0.1, 0.15) is 5.75 Å². The van der Waals surface area contributed by atoms with Crippen molar-refractivity contribution in [1.82, 2.24) is 4.90 Å². The first-order valence-electron chi connectivity index (χ1n) is 10.1. The number of amides is 1. The van der Waals surface area contributed by atoms with Crippen LogP contribution in [0.4, 0.5) is 0 Å². The quantitative estimate of drug-likeness (QED) is 0.473. The zero-order chi connectivity index (χ0) is 22.1. The van der Waals surface area contributed by atoms with Crippen LogP contribution < -0.4 is 4.74 Å². The second kappa shape index (κ2) is 11.2. The SMILES string of the molecule is CCOC(=O)CCN(Cc1ccccc1)C(=O)COc1ccc(Br)cc1C(C)(C)C. The Kier molecular flexibility index (Phi) is 8.90. The van der Waals surface area contributed by atoms with E-state index < -0.39 is 0 Å². The number of nitrogens with zero attached hydrogens (tertiary/aromatic N) is 1. The fourth-order valence-electron chi connectivity index (χ4n) is 3.00. The van der Waals surface area contributed by atoms with Crippen molar-refractivity contribution in [3.05, 3.63) is 64.1 Å². The Hall–Kier alpha value is -2.34. The largest absolute Gasteiger partial charge is 0.483 e. The Morgan fingerprint density at radius 1 is 1.07 bits per heavy atom. The highest BCUT2D eigenvalue weighted by molar-refractivity contribution is 9.10. The van der Waals surface area contributed by atoms with Crippen LogP contribution >= 0.6 is 15.9 Å². The Morgan fingerprint density at radius 2 is 1.77 bits per heavy atom. The van der Waals surface area contributed by atoms with Gasteiger partial charge in [-0.3, -0.25) is 9.59 Å². The first kappa shape index (κ1) is 23.9. The van der Waals surface area contributed by atoms with E-state index in [0.717, 1.165) is 15.6 Å².